The van der Waals surface area contributed by atoms with Gasteiger partial charge in [-0.15, -0.1) is 0 Å². The van der Waals surface area contributed by atoms with E-state index in [4.69, 9.17) is 0 Å². The van der Waals surface area contributed by atoms with Crippen molar-refractivity contribution in [2.45, 2.75) is 172 Å². The Bertz CT molecular complexity index is 1000. The Balaban J connectivity index is 1.75. The molecule has 3 saturated carbocycles. The molecule has 0 aliphatic heterocycles. The summed E-state index contributed by atoms with van der Waals surface area (Å²) in [6, 6.07) is 0.191. The first-order valence-electron chi connectivity index (χ1n) is 16.4. The van der Waals surface area contributed by atoms with Crippen LogP contribution in [0.5, 0.6) is 0 Å². The number of nitrogens with one attached hydrogen (secondary N) is 1. The number of carbonyl (C=O) groups is 2. The highest BCUT2D eigenvalue weighted by Crippen LogP contribution is 2.47. The third-order valence-corrected chi connectivity index (χ3v) is 9.79. The smallest absolute Gasteiger partial charge is 0.253 e. The topological polar surface area (TPSA) is 115 Å². The molecule has 7 nitrogen and oxygen atoms in total. The first kappa shape index (κ1) is 32.0. The first-order valence-corrected chi connectivity index (χ1v) is 16.4. The van der Waals surface area contributed by atoms with Crippen molar-refractivity contribution in [3.63, 3.8) is 0 Å². The van der Waals surface area contributed by atoms with Crippen LogP contribution in [-0.2, 0) is 11.3 Å². The van der Waals surface area contributed by atoms with Crippen molar-refractivity contribution in [1.29, 1.82) is 0 Å². The van der Waals surface area contributed by atoms with E-state index in [1.165, 1.54) is 24.1 Å². The van der Waals surface area contributed by atoms with Crippen molar-refractivity contribution in [1.82, 2.24) is 9.88 Å². The monoisotopic (exact) mass is 575 g/mol. The van der Waals surface area contributed by atoms with Gasteiger partial charge in [-0.2, -0.15) is 0 Å². The Hall–Kier alpha value is -1.93. The normalized spacial score (nSPS) is 24.3. The minimum Gasteiger partial charge on any atom is -0.550 e. The standard InChI is InChI=1S/C33H53FN2O5/c1-21(2)31-30(33(41)35-25-11-7-4-8-12-25)29(22-9-5-3-6-10-22)32(23-13-15-24(34)16-14-23)36(31)18-17-26(37)19-27(38)20-28(39)40/h21-27,37-38H,3-20H2,1-2H3,(H,35,41)(H,39,40)/p-1. The van der Waals surface area contributed by atoms with Gasteiger partial charge in [0.2, 0.25) is 0 Å². The molecule has 1 heterocycles. The lowest BCUT2D eigenvalue weighted by Crippen LogP contribution is -2.37. The molecule has 3 aliphatic carbocycles. The van der Waals surface area contributed by atoms with E-state index < -0.39 is 30.8 Å². The second-order valence-electron chi connectivity index (χ2n) is 13.4. The summed E-state index contributed by atoms with van der Waals surface area (Å²) in [6.07, 6.45) is 10.6. The number of hydrogen-bond donors (Lipinski definition) is 3. The maximum absolute atomic E-state index is 14.3. The number of aromatic nitrogens is 1. The van der Waals surface area contributed by atoms with Crippen LogP contribution in [0.4, 0.5) is 4.39 Å². The number of aliphatic hydroxyl groups is 2. The number of rotatable bonds is 12. The summed E-state index contributed by atoms with van der Waals surface area (Å²) < 4.78 is 16.6. The molecule has 8 heteroatoms. The van der Waals surface area contributed by atoms with Crippen molar-refractivity contribution in [2.24, 2.45) is 0 Å². The molecule has 4 rings (SSSR count). The van der Waals surface area contributed by atoms with Crippen LogP contribution in [0, 0.1) is 0 Å². The SMILES string of the molecule is CC(C)c1c(C(=O)NC2CCCCC2)c(C2CCCCC2)c(C2CCC(F)CC2)n1CCC(O)CC(O)CC(=O)[O-]. The average Bonchev–Trinajstić information content (AvgIpc) is 3.28. The number of aliphatic carboxylic acids is 1. The molecular weight excluding hydrogens is 523 g/mol. The van der Waals surface area contributed by atoms with Gasteiger partial charge in [0.25, 0.3) is 5.91 Å². The van der Waals surface area contributed by atoms with Crippen LogP contribution in [0.25, 0.3) is 0 Å². The molecule has 3 aliphatic rings. The van der Waals surface area contributed by atoms with Gasteiger partial charge < -0.3 is 30.0 Å². The molecule has 2 unspecified atom stereocenters. The van der Waals surface area contributed by atoms with E-state index >= 15 is 0 Å². The zero-order valence-corrected chi connectivity index (χ0v) is 25.2. The van der Waals surface area contributed by atoms with E-state index in [1.54, 1.807) is 0 Å². The number of carbonyl (C=O) groups excluding carboxylic acids is 2. The second-order valence-corrected chi connectivity index (χ2v) is 13.4. The summed E-state index contributed by atoms with van der Waals surface area (Å²) >= 11 is 0. The summed E-state index contributed by atoms with van der Waals surface area (Å²) in [5.74, 6) is -0.800. The van der Waals surface area contributed by atoms with Crippen molar-refractivity contribution in [3.8, 4) is 0 Å². The summed E-state index contributed by atoms with van der Waals surface area (Å²) in [5.41, 5.74) is 4.17. The number of carboxylic acid groups (broad SMARTS) is 1. The zero-order chi connectivity index (χ0) is 29.5. The van der Waals surface area contributed by atoms with Crippen LogP contribution < -0.4 is 10.4 Å². The number of amides is 1. The molecule has 0 radical (unpaired) electrons. The maximum Gasteiger partial charge on any atom is 0.253 e. The van der Waals surface area contributed by atoms with Gasteiger partial charge >= 0.3 is 0 Å². The highest BCUT2D eigenvalue weighted by molar-refractivity contribution is 5.98. The van der Waals surface area contributed by atoms with E-state index in [2.05, 4.69) is 23.7 Å². The van der Waals surface area contributed by atoms with E-state index in [1.807, 2.05) is 0 Å². The minimum absolute atomic E-state index is 0.0188. The number of carboxylic acids is 1. The van der Waals surface area contributed by atoms with Crippen LogP contribution in [0.2, 0.25) is 0 Å². The maximum atomic E-state index is 14.3. The molecule has 3 N–H and O–H groups in total. The summed E-state index contributed by atoms with van der Waals surface area (Å²) in [5, 5.41) is 35.2. The van der Waals surface area contributed by atoms with Gasteiger partial charge in [0.05, 0.1) is 17.8 Å². The van der Waals surface area contributed by atoms with E-state index in [-0.39, 0.29) is 30.2 Å². The summed E-state index contributed by atoms with van der Waals surface area (Å²) in [6.45, 7) is 4.71. The molecular formula is C33H52FN2O5-. The second kappa shape index (κ2) is 15.0. The molecule has 232 valence electrons. The fraction of sp³-hybridized carbons (Fsp3) is 0.818. The van der Waals surface area contributed by atoms with Crippen LogP contribution in [0.1, 0.15) is 168 Å². The van der Waals surface area contributed by atoms with Crippen LogP contribution >= 0.6 is 0 Å². The largest absolute Gasteiger partial charge is 0.550 e. The zero-order valence-electron chi connectivity index (χ0n) is 25.2. The van der Waals surface area contributed by atoms with Gasteiger partial charge in [-0.25, -0.2) is 4.39 Å². The average molecular weight is 576 g/mol. The Morgan fingerprint density at radius 1 is 0.902 bits per heavy atom. The van der Waals surface area contributed by atoms with Gasteiger partial charge in [0.1, 0.15) is 6.17 Å². The fourth-order valence-electron chi connectivity index (χ4n) is 7.82. The Morgan fingerprint density at radius 2 is 1.51 bits per heavy atom. The van der Waals surface area contributed by atoms with Gasteiger partial charge in [-0.3, -0.25) is 4.79 Å². The van der Waals surface area contributed by atoms with Gasteiger partial charge in [-0.05, 0) is 87.5 Å². The van der Waals surface area contributed by atoms with Crippen molar-refractivity contribution < 1.29 is 29.3 Å². The number of aliphatic hydroxyl groups excluding tert-OH is 2. The first-order chi connectivity index (χ1) is 19.7. The Morgan fingerprint density at radius 3 is 2.10 bits per heavy atom. The molecule has 1 aromatic rings. The van der Waals surface area contributed by atoms with Crippen molar-refractivity contribution in [2.75, 3.05) is 0 Å². The minimum atomic E-state index is -1.34. The van der Waals surface area contributed by atoms with Crippen molar-refractivity contribution >= 4 is 11.9 Å². The van der Waals surface area contributed by atoms with Gasteiger partial charge in [-0.1, -0.05) is 52.4 Å². The molecule has 2 atom stereocenters. The van der Waals surface area contributed by atoms with Gasteiger partial charge in [0.15, 0.2) is 0 Å². The predicted molar refractivity (Wildman–Crippen MR) is 156 cm³/mol. The van der Waals surface area contributed by atoms with Gasteiger partial charge in [0, 0.05) is 36.4 Å². The highest BCUT2D eigenvalue weighted by Gasteiger charge is 2.37. The third kappa shape index (κ3) is 8.34. The molecule has 3 fully saturated rings. The lowest BCUT2D eigenvalue weighted by atomic mass is 9.77. The van der Waals surface area contributed by atoms with Crippen LogP contribution in [0.15, 0.2) is 0 Å². The molecule has 0 aromatic carbocycles. The predicted octanol–water partition coefficient (Wildman–Crippen LogP) is 5.36. The van der Waals surface area contributed by atoms with E-state index in [9.17, 15) is 29.3 Å². The third-order valence-electron chi connectivity index (χ3n) is 9.79. The lowest BCUT2D eigenvalue weighted by Gasteiger charge is -2.31. The van der Waals surface area contributed by atoms with E-state index in [0.29, 0.717) is 31.7 Å². The number of hydrogen-bond acceptors (Lipinski definition) is 5. The molecule has 1 aromatic heterocycles. The van der Waals surface area contributed by atoms with Crippen LogP contribution in [0.3, 0.4) is 0 Å². The molecule has 0 bridgehead atoms. The quantitative estimate of drug-likeness (QED) is 0.311. The van der Waals surface area contributed by atoms with E-state index in [0.717, 1.165) is 75.5 Å². The Kier molecular flexibility index (Phi) is 11.7. The number of halogens is 1. The Labute approximate surface area is 245 Å². The lowest BCUT2D eigenvalue weighted by molar-refractivity contribution is -0.307. The highest BCUT2D eigenvalue weighted by atomic mass is 19.1. The van der Waals surface area contributed by atoms with Crippen LogP contribution in [-0.4, -0.2) is 51.1 Å². The molecule has 41 heavy (non-hydrogen) atoms. The molecule has 1 amide bonds. The number of alkyl halides is 1. The number of nitrogens with zero attached hydrogens (tertiary/aromatic N) is 1. The summed E-state index contributed by atoms with van der Waals surface area (Å²) in [7, 11) is 0. The van der Waals surface area contributed by atoms with Crippen molar-refractivity contribution in [3.05, 3.63) is 22.5 Å². The molecule has 0 spiro atoms. The summed E-state index contributed by atoms with van der Waals surface area (Å²) in [4.78, 5) is 25.2. The fourth-order valence-corrected chi connectivity index (χ4v) is 7.82. The molecule has 0 saturated heterocycles.